The zero-order valence-corrected chi connectivity index (χ0v) is 13.1. The Morgan fingerprint density at radius 2 is 2.30 bits per heavy atom. The molecule has 1 aliphatic heterocycles. The molecule has 1 N–H and O–H groups in total. The van der Waals surface area contributed by atoms with Gasteiger partial charge >= 0.3 is 0 Å². The summed E-state index contributed by atoms with van der Waals surface area (Å²) in [4.78, 5) is 9.36. The normalized spacial score (nSPS) is 17.9. The fraction of sp³-hybridized carbons (Fsp3) is 0.250. The van der Waals surface area contributed by atoms with Gasteiger partial charge in [-0.05, 0) is 30.6 Å². The monoisotopic (exact) mass is 287 g/mol. The molecule has 1 rings (SSSR count). The van der Waals surface area contributed by atoms with Crippen LogP contribution in [0.15, 0.2) is 69.3 Å². The molecule has 3 nitrogen and oxygen atoms in total. The van der Waals surface area contributed by atoms with Crippen LogP contribution in [0.5, 0.6) is 0 Å². The maximum atomic E-state index is 4.29. The third kappa shape index (κ3) is 5.05. The fourth-order valence-electron chi connectivity index (χ4n) is 1.50. The second-order valence-corrected chi connectivity index (χ2v) is 5.43. The largest absolute Gasteiger partial charge is 0.373 e. The minimum atomic E-state index is 0.871. The van der Waals surface area contributed by atoms with Crippen LogP contribution in [-0.4, -0.2) is 25.4 Å². The van der Waals surface area contributed by atoms with Gasteiger partial charge in [0.15, 0.2) is 0 Å². The van der Waals surface area contributed by atoms with Crippen LogP contribution >= 0.6 is 11.8 Å². The molecule has 0 bridgehead atoms. The molecule has 0 atom stereocenters. The van der Waals surface area contributed by atoms with Crippen molar-refractivity contribution in [2.45, 2.75) is 13.3 Å². The molecule has 0 aromatic rings. The van der Waals surface area contributed by atoms with Gasteiger partial charge in [0.1, 0.15) is 5.82 Å². The summed E-state index contributed by atoms with van der Waals surface area (Å²) in [5.74, 6) is 0.907. The molecule has 0 aliphatic carbocycles. The second kappa shape index (κ2) is 8.38. The topological polar surface area (TPSA) is 36.8 Å². The summed E-state index contributed by atoms with van der Waals surface area (Å²) in [6.45, 7) is 9.86. The molecular weight excluding hydrogens is 266 g/mol. The number of thioether (sulfide) groups is 1. The van der Waals surface area contributed by atoms with Crippen molar-refractivity contribution in [2.75, 3.05) is 14.1 Å². The van der Waals surface area contributed by atoms with E-state index in [1.807, 2.05) is 38.4 Å². The summed E-state index contributed by atoms with van der Waals surface area (Å²) >= 11 is 1.55. The van der Waals surface area contributed by atoms with Crippen molar-refractivity contribution in [3.63, 3.8) is 0 Å². The molecule has 0 radical (unpaired) electrons. The fourth-order valence-corrected chi connectivity index (χ4v) is 2.22. The van der Waals surface area contributed by atoms with Crippen molar-refractivity contribution in [1.82, 2.24) is 5.32 Å². The summed E-state index contributed by atoms with van der Waals surface area (Å²) < 4.78 is 0. The molecule has 0 saturated heterocycles. The summed E-state index contributed by atoms with van der Waals surface area (Å²) in [6, 6.07) is 0. The SMILES string of the molecule is C=C/C(=C\C=C1\C=NC(NC)=CC1)C(=C)SC(C)=NC. The van der Waals surface area contributed by atoms with Crippen molar-refractivity contribution in [3.05, 3.63) is 59.3 Å². The van der Waals surface area contributed by atoms with Crippen LogP contribution in [0.4, 0.5) is 0 Å². The molecule has 0 aromatic heterocycles. The Morgan fingerprint density at radius 1 is 1.55 bits per heavy atom. The number of hydrogen-bond acceptors (Lipinski definition) is 4. The molecule has 1 aliphatic rings. The molecule has 0 amide bonds. The first kappa shape index (κ1) is 16.2. The molecule has 0 fully saturated rings. The van der Waals surface area contributed by atoms with Crippen LogP contribution in [0.3, 0.4) is 0 Å². The van der Waals surface area contributed by atoms with E-state index in [9.17, 15) is 0 Å². The van der Waals surface area contributed by atoms with E-state index in [2.05, 4.69) is 34.5 Å². The first-order chi connectivity index (χ1) is 9.60. The predicted molar refractivity (Wildman–Crippen MR) is 92.4 cm³/mol. The molecule has 20 heavy (non-hydrogen) atoms. The van der Waals surface area contributed by atoms with Crippen molar-refractivity contribution in [1.29, 1.82) is 0 Å². The van der Waals surface area contributed by atoms with Gasteiger partial charge in [-0.25, -0.2) is 4.99 Å². The lowest BCUT2D eigenvalue weighted by molar-refractivity contribution is 0.942. The third-order valence-electron chi connectivity index (χ3n) is 2.76. The van der Waals surface area contributed by atoms with Gasteiger partial charge < -0.3 is 5.32 Å². The van der Waals surface area contributed by atoms with Crippen molar-refractivity contribution in [3.8, 4) is 0 Å². The Bertz CT molecular complexity index is 534. The van der Waals surface area contributed by atoms with Gasteiger partial charge in [0.2, 0.25) is 0 Å². The highest BCUT2D eigenvalue weighted by Gasteiger charge is 2.03. The molecule has 4 heteroatoms. The van der Waals surface area contributed by atoms with Crippen LogP contribution < -0.4 is 5.32 Å². The number of rotatable bonds is 5. The van der Waals surface area contributed by atoms with Gasteiger partial charge in [0.25, 0.3) is 0 Å². The molecule has 1 heterocycles. The predicted octanol–water partition coefficient (Wildman–Crippen LogP) is 3.86. The van der Waals surface area contributed by atoms with Gasteiger partial charge in [-0.2, -0.15) is 0 Å². The van der Waals surface area contributed by atoms with Gasteiger partial charge in [-0.15, -0.1) is 0 Å². The summed E-state index contributed by atoms with van der Waals surface area (Å²) in [5.41, 5.74) is 2.16. The van der Waals surface area contributed by atoms with Gasteiger partial charge in [0, 0.05) is 25.2 Å². The van der Waals surface area contributed by atoms with E-state index in [0.717, 1.165) is 33.3 Å². The number of nitrogens with zero attached hydrogens (tertiary/aromatic N) is 2. The third-order valence-corrected chi connectivity index (χ3v) is 3.72. The smallest absolute Gasteiger partial charge is 0.121 e. The zero-order chi connectivity index (χ0) is 15.0. The molecule has 0 unspecified atom stereocenters. The maximum Gasteiger partial charge on any atom is 0.121 e. The summed E-state index contributed by atoms with van der Waals surface area (Å²) in [5, 5.41) is 4.00. The average Bonchev–Trinajstić information content (AvgIpc) is 2.48. The van der Waals surface area contributed by atoms with Gasteiger partial charge in [-0.3, -0.25) is 4.99 Å². The molecule has 0 spiro atoms. The Hall–Kier alpha value is -1.81. The number of nitrogens with one attached hydrogen (secondary N) is 1. The van der Waals surface area contributed by atoms with Crippen LogP contribution in [0.1, 0.15) is 13.3 Å². The lowest BCUT2D eigenvalue weighted by Gasteiger charge is -2.08. The minimum Gasteiger partial charge on any atom is -0.373 e. The zero-order valence-electron chi connectivity index (χ0n) is 12.3. The lowest BCUT2D eigenvalue weighted by atomic mass is 10.1. The minimum absolute atomic E-state index is 0.871. The highest BCUT2D eigenvalue weighted by molar-refractivity contribution is 8.17. The Balaban J connectivity index is 2.77. The Morgan fingerprint density at radius 3 is 2.80 bits per heavy atom. The van der Waals surface area contributed by atoms with E-state index in [4.69, 9.17) is 0 Å². The van der Waals surface area contributed by atoms with Crippen molar-refractivity contribution < 1.29 is 0 Å². The van der Waals surface area contributed by atoms with Crippen LogP contribution in [0.25, 0.3) is 0 Å². The van der Waals surface area contributed by atoms with Crippen molar-refractivity contribution >= 4 is 23.0 Å². The van der Waals surface area contributed by atoms with E-state index in [1.165, 1.54) is 0 Å². The van der Waals surface area contributed by atoms with E-state index in [0.29, 0.717) is 0 Å². The van der Waals surface area contributed by atoms with Crippen LogP contribution in [0.2, 0.25) is 0 Å². The standard InChI is InChI=1S/C16H21N3S/c1-6-15(12(2)20-13(3)17-4)9-7-14-8-10-16(18-5)19-11-14/h6-7,9-11,18H,1-2,8H2,3-5H3/b14-7+,15-9+,17-13?. The van der Waals surface area contributed by atoms with E-state index in [-0.39, 0.29) is 0 Å². The quantitative estimate of drug-likeness (QED) is 0.473. The lowest BCUT2D eigenvalue weighted by Crippen LogP contribution is -2.06. The molecule has 106 valence electrons. The second-order valence-electron chi connectivity index (χ2n) is 4.14. The van der Waals surface area contributed by atoms with Gasteiger partial charge in [0.05, 0.1) is 5.04 Å². The van der Waals surface area contributed by atoms with Gasteiger partial charge in [-0.1, -0.05) is 43.1 Å². The Kier molecular flexibility index (Phi) is 6.81. The number of aliphatic imine (C=N–C) groups is 2. The molecular formula is C16H21N3S. The first-order valence-electron chi connectivity index (χ1n) is 6.36. The highest BCUT2D eigenvalue weighted by Crippen LogP contribution is 2.24. The Labute approximate surface area is 125 Å². The average molecular weight is 287 g/mol. The number of hydrogen-bond donors (Lipinski definition) is 1. The maximum absolute atomic E-state index is 4.29. The summed E-state index contributed by atoms with van der Waals surface area (Å²) in [6.07, 6.45) is 10.7. The molecule has 0 aromatic carbocycles. The van der Waals surface area contributed by atoms with Crippen molar-refractivity contribution in [2.24, 2.45) is 9.98 Å². The highest BCUT2D eigenvalue weighted by atomic mass is 32.2. The van der Waals surface area contributed by atoms with Crippen LogP contribution in [-0.2, 0) is 0 Å². The summed E-state index contributed by atoms with van der Waals surface area (Å²) in [7, 11) is 3.64. The van der Waals surface area contributed by atoms with E-state index in [1.54, 1.807) is 18.8 Å². The van der Waals surface area contributed by atoms with E-state index >= 15 is 0 Å². The van der Waals surface area contributed by atoms with E-state index < -0.39 is 0 Å². The first-order valence-corrected chi connectivity index (χ1v) is 7.18. The molecule has 0 saturated carbocycles. The number of allylic oxidation sites excluding steroid dienone is 6. The van der Waals surface area contributed by atoms with Crippen LogP contribution in [0, 0.1) is 0 Å².